The molecule has 0 unspecified atom stereocenters. The molecule has 1 aromatic rings. The van der Waals surface area contributed by atoms with Crippen molar-refractivity contribution in [3.05, 3.63) is 11.9 Å². The van der Waals surface area contributed by atoms with Gasteiger partial charge in [0, 0.05) is 11.6 Å². The van der Waals surface area contributed by atoms with Crippen molar-refractivity contribution in [1.82, 2.24) is 9.97 Å². The van der Waals surface area contributed by atoms with Crippen LogP contribution in [-0.4, -0.2) is 16.0 Å². The zero-order chi connectivity index (χ0) is 10.7. The minimum absolute atomic E-state index is 0.593. The summed E-state index contributed by atoms with van der Waals surface area (Å²) in [5, 5.41) is 3.44. The highest BCUT2D eigenvalue weighted by atomic mass is 15.1. The summed E-state index contributed by atoms with van der Waals surface area (Å²) in [5.74, 6) is 1.56. The molecule has 3 N–H and O–H groups in total. The molecule has 4 nitrogen and oxygen atoms in total. The molecule has 1 heterocycles. The highest BCUT2D eigenvalue weighted by molar-refractivity contribution is 5.55. The van der Waals surface area contributed by atoms with Gasteiger partial charge in [0.25, 0.3) is 0 Å². The highest BCUT2D eigenvalue weighted by Gasteiger charge is 2.19. The smallest absolute Gasteiger partial charge is 0.134 e. The van der Waals surface area contributed by atoms with Gasteiger partial charge >= 0.3 is 0 Å². The van der Waals surface area contributed by atoms with Crippen molar-refractivity contribution in [3.8, 4) is 0 Å². The summed E-state index contributed by atoms with van der Waals surface area (Å²) < 4.78 is 0. The summed E-state index contributed by atoms with van der Waals surface area (Å²) in [6.07, 6.45) is 7.36. The average Bonchev–Trinajstić information content (AvgIpc) is 2.16. The van der Waals surface area contributed by atoms with Gasteiger partial charge in [0.2, 0.25) is 0 Å². The van der Waals surface area contributed by atoms with Crippen molar-refractivity contribution in [2.75, 3.05) is 11.1 Å². The SMILES string of the molecule is CCCc1c(N)ncnc1NC1CCC1. The topological polar surface area (TPSA) is 63.8 Å². The van der Waals surface area contributed by atoms with E-state index in [1.54, 1.807) is 0 Å². The molecule has 0 saturated heterocycles. The number of aromatic nitrogens is 2. The summed E-state index contributed by atoms with van der Waals surface area (Å²) >= 11 is 0. The van der Waals surface area contributed by atoms with Gasteiger partial charge in [-0.3, -0.25) is 0 Å². The molecule has 1 aromatic heterocycles. The second-order valence-corrected chi connectivity index (χ2v) is 4.11. The van der Waals surface area contributed by atoms with Crippen molar-refractivity contribution in [3.63, 3.8) is 0 Å². The van der Waals surface area contributed by atoms with E-state index in [9.17, 15) is 0 Å². The lowest BCUT2D eigenvalue weighted by molar-refractivity contribution is 0.444. The Hall–Kier alpha value is -1.32. The van der Waals surface area contributed by atoms with Gasteiger partial charge in [-0.15, -0.1) is 0 Å². The summed E-state index contributed by atoms with van der Waals surface area (Å²) in [7, 11) is 0. The van der Waals surface area contributed by atoms with E-state index in [-0.39, 0.29) is 0 Å². The fourth-order valence-electron chi connectivity index (χ4n) is 1.79. The number of nitrogens with zero attached hydrogens (tertiary/aromatic N) is 2. The van der Waals surface area contributed by atoms with Gasteiger partial charge in [-0.2, -0.15) is 0 Å². The molecule has 1 fully saturated rings. The molecule has 0 spiro atoms. The Kier molecular flexibility index (Phi) is 3.04. The molecule has 0 bridgehead atoms. The lowest BCUT2D eigenvalue weighted by Crippen LogP contribution is -2.28. The van der Waals surface area contributed by atoms with E-state index in [0.717, 1.165) is 24.2 Å². The number of hydrogen-bond donors (Lipinski definition) is 2. The number of anilines is 2. The van der Waals surface area contributed by atoms with E-state index in [2.05, 4.69) is 22.2 Å². The maximum atomic E-state index is 5.85. The van der Waals surface area contributed by atoms with Crippen LogP contribution in [0.3, 0.4) is 0 Å². The lowest BCUT2D eigenvalue weighted by atomic mass is 9.93. The monoisotopic (exact) mass is 206 g/mol. The zero-order valence-electron chi connectivity index (χ0n) is 9.16. The van der Waals surface area contributed by atoms with Gasteiger partial charge in [0.05, 0.1) is 0 Å². The molecule has 0 amide bonds. The third kappa shape index (κ3) is 2.19. The minimum atomic E-state index is 0.593. The molecule has 0 aromatic carbocycles. The molecule has 2 rings (SSSR count). The van der Waals surface area contributed by atoms with Crippen molar-refractivity contribution < 1.29 is 0 Å². The van der Waals surface area contributed by atoms with E-state index in [4.69, 9.17) is 5.73 Å². The maximum absolute atomic E-state index is 5.85. The lowest BCUT2D eigenvalue weighted by Gasteiger charge is -2.27. The third-order valence-electron chi connectivity index (χ3n) is 2.92. The molecule has 0 radical (unpaired) electrons. The first kappa shape index (κ1) is 10.2. The molecule has 4 heteroatoms. The Bertz CT molecular complexity index is 333. The summed E-state index contributed by atoms with van der Waals surface area (Å²) in [4.78, 5) is 8.31. The first-order chi connectivity index (χ1) is 7.31. The second kappa shape index (κ2) is 4.47. The molecule has 1 saturated carbocycles. The van der Waals surface area contributed by atoms with Gasteiger partial charge in [-0.1, -0.05) is 13.3 Å². The Labute approximate surface area is 90.3 Å². The molecule has 0 atom stereocenters. The summed E-state index contributed by atoms with van der Waals surface area (Å²) in [6, 6.07) is 0.593. The zero-order valence-corrected chi connectivity index (χ0v) is 9.16. The van der Waals surface area contributed by atoms with Crippen LogP contribution < -0.4 is 11.1 Å². The molecule has 0 aliphatic heterocycles. The van der Waals surface area contributed by atoms with Crippen LogP contribution in [0.1, 0.15) is 38.2 Å². The minimum Gasteiger partial charge on any atom is -0.383 e. The molecule has 1 aliphatic carbocycles. The van der Waals surface area contributed by atoms with E-state index in [0.29, 0.717) is 11.9 Å². The number of hydrogen-bond acceptors (Lipinski definition) is 4. The third-order valence-corrected chi connectivity index (χ3v) is 2.92. The van der Waals surface area contributed by atoms with Crippen LogP contribution in [0.25, 0.3) is 0 Å². The average molecular weight is 206 g/mol. The van der Waals surface area contributed by atoms with Crippen LogP contribution in [0.5, 0.6) is 0 Å². The Morgan fingerprint density at radius 3 is 2.87 bits per heavy atom. The number of rotatable bonds is 4. The van der Waals surface area contributed by atoms with E-state index >= 15 is 0 Å². The Balaban J connectivity index is 2.15. The van der Waals surface area contributed by atoms with Crippen molar-refractivity contribution in [2.24, 2.45) is 0 Å². The van der Waals surface area contributed by atoms with Crippen molar-refractivity contribution in [1.29, 1.82) is 0 Å². The first-order valence-corrected chi connectivity index (χ1v) is 5.67. The molecular weight excluding hydrogens is 188 g/mol. The quantitative estimate of drug-likeness (QED) is 0.790. The van der Waals surface area contributed by atoms with Crippen LogP contribution in [0.2, 0.25) is 0 Å². The Morgan fingerprint density at radius 1 is 1.47 bits per heavy atom. The van der Waals surface area contributed by atoms with Crippen molar-refractivity contribution >= 4 is 11.6 Å². The predicted octanol–water partition coefficient (Wildman–Crippen LogP) is 1.98. The molecular formula is C11H18N4. The van der Waals surface area contributed by atoms with E-state index in [1.807, 2.05) is 0 Å². The summed E-state index contributed by atoms with van der Waals surface area (Å²) in [6.45, 7) is 2.14. The van der Waals surface area contributed by atoms with Crippen LogP contribution in [0.4, 0.5) is 11.6 Å². The van der Waals surface area contributed by atoms with Crippen LogP contribution in [0.15, 0.2) is 6.33 Å². The normalized spacial score (nSPS) is 16.1. The Morgan fingerprint density at radius 2 is 2.27 bits per heavy atom. The molecule has 15 heavy (non-hydrogen) atoms. The van der Waals surface area contributed by atoms with Crippen LogP contribution >= 0.6 is 0 Å². The van der Waals surface area contributed by atoms with E-state index in [1.165, 1.54) is 25.6 Å². The number of nitrogens with two attached hydrogens (primary N) is 1. The van der Waals surface area contributed by atoms with Gasteiger partial charge < -0.3 is 11.1 Å². The molecule has 1 aliphatic rings. The van der Waals surface area contributed by atoms with Crippen LogP contribution in [-0.2, 0) is 6.42 Å². The fraction of sp³-hybridized carbons (Fsp3) is 0.636. The van der Waals surface area contributed by atoms with Gasteiger partial charge in [0.15, 0.2) is 0 Å². The number of nitrogen functional groups attached to an aromatic ring is 1. The maximum Gasteiger partial charge on any atom is 0.134 e. The van der Waals surface area contributed by atoms with E-state index < -0.39 is 0 Å². The standard InChI is InChI=1S/C11H18N4/c1-2-4-9-10(12)13-7-14-11(9)15-8-5-3-6-8/h7-8H,2-6H2,1H3,(H3,12,13,14,15). The van der Waals surface area contributed by atoms with Crippen LogP contribution in [0, 0.1) is 0 Å². The second-order valence-electron chi connectivity index (χ2n) is 4.11. The highest BCUT2D eigenvalue weighted by Crippen LogP contribution is 2.26. The van der Waals surface area contributed by atoms with Crippen molar-refractivity contribution in [2.45, 2.75) is 45.1 Å². The number of nitrogens with one attached hydrogen (secondary N) is 1. The van der Waals surface area contributed by atoms with Gasteiger partial charge in [-0.25, -0.2) is 9.97 Å². The molecule has 82 valence electrons. The predicted molar refractivity (Wildman–Crippen MR) is 61.7 cm³/mol. The van der Waals surface area contributed by atoms with Gasteiger partial charge in [0.1, 0.15) is 18.0 Å². The largest absolute Gasteiger partial charge is 0.383 e. The van der Waals surface area contributed by atoms with Gasteiger partial charge in [-0.05, 0) is 25.7 Å². The first-order valence-electron chi connectivity index (χ1n) is 5.67. The summed E-state index contributed by atoms with van der Waals surface area (Å²) in [5.41, 5.74) is 6.93. The fourth-order valence-corrected chi connectivity index (χ4v) is 1.79.